The second-order valence-electron chi connectivity index (χ2n) is 3.90. The summed E-state index contributed by atoms with van der Waals surface area (Å²) in [4.78, 5) is 8.58. The van der Waals surface area contributed by atoms with Crippen molar-refractivity contribution in [1.82, 2.24) is 9.97 Å². The van der Waals surface area contributed by atoms with Crippen molar-refractivity contribution >= 4 is 18.3 Å². The van der Waals surface area contributed by atoms with Crippen LogP contribution in [0.25, 0.3) is 11.1 Å². The fourth-order valence-electron chi connectivity index (χ4n) is 1.92. The number of nitrogens with zero attached hydrogens (tertiary/aromatic N) is 2. The molecule has 3 nitrogen and oxygen atoms in total. The first kappa shape index (κ1) is 11.9. The summed E-state index contributed by atoms with van der Waals surface area (Å²) in [6.07, 6.45) is 0. The Morgan fingerprint density at radius 1 is 1.00 bits per heavy atom. The fraction of sp³-hybridized carbons (Fsp3) is 0.231. The van der Waals surface area contributed by atoms with Crippen LogP contribution in [-0.2, 0) is 0 Å². The zero-order valence-electron chi connectivity index (χ0n) is 10.2. The summed E-state index contributed by atoms with van der Waals surface area (Å²) < 4.78 is 0. The molecule has 0 aliphatic carbocycles. The molecule has 0 aliphatic heterocycles. The molecular formula is C13H15N3S. The lowest BCUT2D eigenvalue weighted by Gasteiger charge is -2.10. The van der Waals surface area contributed by atoms with Gasteiger partial charge in [-0.1, -0.05) is 12.1 Å². The Labute approximate surface area is 107 Å². The maximum absolute atomic E-state index is 4.29. The van der Waals surface area contributed by atoms with Gasteiger partial charge in [0, 0.05) is 29.7 Å². The molecule has 0 saturated carbocycles. The minimum atomic E-state index is 0.524. The molecule has 0 radical (unpaired) electrons. The van der Waals surface area contributed by atoms with Crippen LogP contribution in [0, 0.1) is 13.8 Å². The van der Waals surface area contributed by atoms with Crippen LogP contribution in [0.3, 0.4) is 0 Å². The first-order chi connectivity index (χ1) is 8.11. The van der Waals surface area contributed by atoms with Crippen molar-refractivity contribution in [3.63, 3.8) is 0 Å². The monoisotopic (exact) mass is 245 g/mol. The van der Waals surface area contributed by atoms with Crippen molar-refractivity contribution in [1.29, 1.82) is 0 Å². The highest BCUT2D eigenvalue weighted by atomic mass is 32.1. The van der Waals surface area contributed by atoms with E-state index in [2.05, 4.69) is 40.0 Å². The Hall–Kier alpha value is -1.55. The minimum absolute atomic E-state index is 0.524. The summed E-state index contributed by atoms with van der Waals surface area (Å²) in [5.74, 6) is 0. The number of hydrogen-bond donors (Lipinski definition) is 2. The van der Waals surface area contributed by atoms with Gasteiger partial charge in [-0.3, -0.25) is 0 Å². The van der Waals surface area contributed by atoms with Crippen molar-refractivity contribution in [3.8, 4) is 11.1 Å². The summed E-state index contributed by atoms with van der Waals surface area (Å²) in [7, 11) is 1.91. The Balaban J connectivity index is 2.52. The van der Waals surface area contributed by atoms with Crippen molar-refractivity contribution in [2.75, 3.05) is 12.4 Å². The average molecular weight is 245 g/mol. The summed E-state index contributed by atoms with van der Waals surface area (Å²) in [5.41, 5.74) is 5.23. The average Bonchev–Trinajstić information content (AvgIpc) is 2.28. The van der Waals surface area contributed by atoms with Crippen molar-refractivity contribution < 1.29 is 0 Å². The molecule has 0 unspecified atom stereocenters. The molecule has 0 fully saturated rings. The van der Waals surface area contributed by atoms with Gasteiger partial charge in [-0.2, -0.15) is 0 Å². The van der Waals surface area contributed by atoms with E-state index in [4.69, 9.17) is 0 Å². The number of rotatable bonds is 2. The second-order valence-corrected chi connectivity index (χ2v) is 4.30. The van der Waals surface area contributed by atoms with Crippen LogP contribution in [0.1, 0.15) is 11.4 Å². The molecule has 1 aromatic heterocycles. The third-order valence-electron chi connectivity index (χ3n) is 2.72. The first-order valence-corrected chi connectivity index (χ1v) is 5.89. The third-order valence-corrected chi connectivity index (χ3v) is 2.92. The van der Waals surface area contributed by atoms with Crippen LogP contribution < -0.4 is 5.32 Å². The summed E-state index contributed by atoms with van der Waals surface area (Å²) in [5, 5.41) is 3.62. The number of nitrogens with one attached hydrogen (secondary N) is 1. The summed E-state index contributed by atoms with van der Waals surface area (Å²) >= 11 is 4.18. The Morgan fingerprint density at radius 2 is 1.53 bits per heavy atom. The molecule has 0 saturated heterocycles. The molecule has 0 bridgehead atoms. The van der Waals surface area contributed by atoms with E-state index >= 15 is 0 Å². The zero-order valence-corrected chi connectivity index (χ0v) is 11.0. The van der Waals surface area contributed by atoms with Crippen LogP contribution >= 0.6 is 12.6 Å². The van der Waals surface area contributed by atoms with Crippen LogP contribution in [0.5, 0.6) is 0 Å². The Kier molecular flexibility index (Phi) is 3.33. The number of aromatic nitrogens is 2. The van der Waals surface area contributed by atoms with E-state index in [9.17, 15) is 0 Å². The van der Waals surface area contributed by atoms with Gasteiger partial charge in [-0.15, -0.1) is 12.6 Å². The molecule has 4 heteroatoms. The Bertz CT molecular complexity index is 512. The number of hydrogen-bond acceptors (Lipinski definition) is 4. The summed E-state index contributed by atoms with van der Waals surface area (Å²) in [6.45, 7) is 3.96. The van der Waals surface area contributed by atoms with E-state index in [1.807, 2.05) is 33.0 Å². The lowest BCUT2D eigenvalue weighted by Crippen LogP contribution is -1.97. The lowest BCUT2D eigenvalue weighted by atomic mass is 10.0. The van der Waals surface area contributed by atoms with E-state index in [1.54, 1.807) is 0 Å². The maximum atomic E-state index is 4.29. The van der Waals surface area contributed by atoms with Gasteiger partial charge in [0.25, 0.3) is 0 Å². The van der Waals surface area contributed by atoms with Crippen LogP contribution in [0.4, 0.5) is 5.69 Å². The quantitative estimate of drug-likeness (QED) is 0.630. The van der Waals surface area contributed by atoms with E-state index in [0.717, 1.165) is 28.2 Å². The second kappa shape index (κ2) is 4.75. The molecule has 0 amide bonds. The molecule has 2 aromatic rings. The topological polar surface area (TPSA) is 37.8 Å². The van der Waals surface area contributed by atoms with Crippen molar-refractivity contribution in [2.24, 2.45) is 0 Å². The van der Waals surface area contributed by atoms with Gasteiger partial charge < -0.3 is 5.32 Å². The van der Waals surface area contributed by atoms with Crippen LogP contribution in [0.2, 0.25) is 0 Å². The number of benzene rings is 1. The van der Waals surface area contributed by atoms with E-state index < -0.39 is 0 Å². The van der Waals surface area contributed by atoms with Gasteiger partial charge in [0.15, 0.2) is 5.16 Å². The maximum Gasteiger partial charge on any atom is 0.184 e. The molecule has 1 heterocycles. The molecule has 2 rings (SSSR count). The van der Waals surface area contributed by atoms with Gasteiger partial charge in [0.2, 0.25) is 0 Å². The van der Waals surface area contributed by atoms with Gasteiger partial charge in [-0.05, 0) is 31.5 Å². The molecule has 1 N–H and O–H groups in total. The molecule has 88 valence electrons. The molecule has 0 aliphatic rings. The first-order valence-electron chi connectivity index (χ1n) is 5.44. The highest BCUT2D eigenvalue weighted by Crippen LogP contribution is 2.26. The van der Waals surface area contributed by atoms with Crippen LogP contribution in [-0.4, -0.2) is 17.0 Å². The number of aryl methyl sites for hydroxylation is 2. The smallest absolute Gasteiger partial charge is 0.184 e. The molecule has 0 atom stereocenters. The van der Waals surface area contributed by atoms with E-state index in [0.29, 0.717) is 5.16 Å². The van der Waals surface area contributed by atoms with Gasteiger partial charge >= 0.3 is 0 Å². The largest absolute Gasteiger partial charge is 0.388 e. The number of thiol groups is 1. The van der Waals surface area contributed by atoms with Crippen molar-refractivity contribution in [3.05, 3.63) is 35.7 Å². The number of anilines is 1. The molecule has 17 heavy (non-hydrogen) atoms. The Morgan fingerprint density at radius 3 is 2.00 bits per heavy atom. The normalized spacial score (nSPS) is 10.4. The lowest BCUT2D eigenvalue weighted by molar-refractivity contribution is 0.912. The zero-order chi connectivity index (χ0) is 12.4. The van der Waals surface area contributed by atoms with Gasteiger partial charge in [0.05, 0.1) is 0 Å². The van der Waals surface area contributed by atoms with Crippen molar-refractivity contribution in [2.45, 2.75) is 19.0 Å². The molecule has 1 aromatic carbocycles. The summed E-state index contributed by atoms with van der Waals surface area (Å²) in [6, 6.07) is 8.23. The fourth-order valence-corrected chi connectivity index (χ4v) is 2.22. The van der Waals surface area contributed by atoms with E-state index in [-0.39, 0.29) is 0 Å². The van der Waals surface area contributed by atoms with E-state index in [1.165, 1.54) is 0 Å². The van der Waals surface area contributed by atoms with Gasteiger partial charge in [0.1, 0.15) is 0 Å². The van der Waals surface area contributed by atoms with Crippen LogP contribution in [0.15, 0.2) is 29.4 Å². The predicted molar refractivity (Wildman–Crippen MR) is 73.7 cm³/mol. The third kappa shape index (κ3) is 2.42. The SMILES string of the molecule is CNc1ccc(-c2c(C)nc(S)nc2C)cc1. The molecule has 0 spiro atoms. The minimum Gasteiger partial charge on any atom is -0.388 e. The molecular weight excluding hydrogens is 230 g/mol. The van der Waals surface area contributed by atoms with Gasteiger partial charge in [-0.25, -0.2) is 9.97 Å². The predicted octanol–water partition coefficient (Wildman–Crippen LogP) is 3.09. The highest BCUT2D eigenvalue weighted by molar-refractivity contribution is 7.80. The highest BCUT2D eigenvalue weighted by Gasteiger charge is 2.09. The standard InChI is InChI=1S/C13H15N3S/c1-8-12(9(2)16-13(17)15-8)10-4-6-11(14-3)7-5-10/h4-7,14H,1-3H3,(H,15,16,17).